The number of hydrogen-bond donors (Lipinski definition) is 1. The Balaban J connectivity index is 2.47. The summed E-state index contributed by atoms with van der Waals surface area (Å²) in [6.45, 7) is 3.83. The van der Waals surface area contributed by atoms with E-state index in [4.69, 9.17) is 0 Å². The predicted molar refractivity (Wildman–Crippen MR) is 60.4 cm³/mol. The second kappa shape index (κ2) is 5.86. The molecule has 0 bridgehead atoms. The highest BCUT2D eigenvalue weighted by Gasteiger charge is 2.04. The number of aryl methyl sites for hydroxylation is 2. The molecule has 2 heteroatoms. The van der Waals surface area contributed by atoms with E-state index >= 15 is 0 Å². The van der Waals surface area contributed by atoms with Gasteiger partial charge in [-0.2, -0.15) is 0 Å². The second-order valence-corrected chi connectivity index (χ2v) is 4.06. The number of rotatable bonds is 5. The van der Waals surface area contributed by atoms with E-state index in [1.165, 1.54) is 6.07 Å². The van der Waals surface area contributed by atoms with Gasteiger partial charge in [-0.15, -0.1) is 0 Å². The van der Waals surface area contributed by atoms with E-state index in [-0.39, 0.29) is 11.9 Å². The standard InChI is InChI=1S/C13H19FO/c1-3-4-12(15)7-5-11-6-8-13(14)10(2)9-11/h6,8-9,12,15H,3-5,7H2,1-2H3. The van der Waals surface area contributed by atoms with Crippen molar-refractivity contribution in [3.05, 3.63) is 35.1 Å². The van der Waals surface area contributed by atoms with Crippen LogP contribution in [0.2, 0.25) is 0 Å². The topological polar surface area (TPSA) is 20.2 Å². The smallest absolute Gasteiger partial charge is 0.126 e. The van der Waals surface area contributed by atoms with Gasteiger partial charge in [-0.3, -0.25) is 0 Å². The van der Waals surface area contributed by atoms with Gasteiger partial charge in [0.25, 0.3) is 0 Å². The third-order valence-corrected chi connectivity index (χ3v) is 2.61. The zero-order chi connectivity index (χ0) is 11.3. The van der Waals surface area contributed by atoms with E-state index in [1.807, 2.05) is 6.07 Å². The fraction of sp³-hybridized carbons (Fsp3) is 0.538. The molecule has 1 N–H and O–H groups in total. The van der Waals surface area contributed by atoms with E-state index in [0.717, 1.165) is 31.2 Å². The number of benzene rings is 1. The van der Waals surface area contributed by atoms with Crippen LogP contribution in [-0.4, -0.2) is 11.2 Å². The largest absolute Gasteiger partial charge is 0.393 e. The quantitative estimate of drug-likeness (QED) is 0.791. The molecule has 0 aliphatic carbocycles. The minimum absolute atomic E-state index is 0.159. The summed E-state index contributed by atoms with van der Waals surface area (Å²) in [5.41, 5.74) is 1.78. The van der Waals surface area contributed by atoms with Gasteiger partial charge in [-0.1, -0.05) is 25.5 Å². The van der Waals surface area contributed by atoms with Crippen molar-refractivity contribution in [2.75, 3.05) is 0 Å². The molecule has 15 heavy (non-hydrogen) atoms. The highest BCUT2D eigenvalue weighted by Crippen LogP contribution is 2.13. The number of hydrogen-bond acceptors (Lipinski definition) is 1. The molecule has 1 nitrogen and oxygen atoms in total. The molecule has 0 spiro atoms. The molecule has 1 aromatic carbocycles. The number of aliphatic hydroxyl groups excluding tert-OH is 1. The summed E-state index contributed by atoms with van der Waals surface area (Å²) in [5, 5.41) is 9.56. The molecule has 0 aromatic heterocycles. The lowest BCUT2D eigenvalue weighted by atomic mass is 10.0. The van der Waals surface area contributed by atoms with Gasteiger partial charge in [0.1, 0.15) is 5.82 Å². The summed E-state index contributed by atoms with van der Waals surface area (Å²) >= 11 is 0. The SMILES string of the molecule is CCCC(O)CCc1ccc(F)c(C)c1. The fourth-order valence-electron chi connectivity index (χ4n) is 1.67. The number of halogens is 1. The lowest BCUT2D eigenvalue weighted by Crippen LogP contribution is -2.07. The van der Waals surface area contributed by atoms with Crippen LogP contribution in [0, 0.1) is 12.7 Å². The molecule has 1 rings (SSSR count). The highest BCUT2D eigenvalue weighted by atomic mass is 19.1. The minimum Gasteiger partial charge on any atom is -0.393 e. The first-order valence-electron chi connectivity index (χ1n) is 5.56. The van der Waals surface area contributed by atoms with Gasteiger partial charge >= 0.3 is 0 Å². The first kappa shape index (κ1) is 12.2. The van der Waals surface area contributed by atoms with Crippen LogP contribution in [0.3, 0.4) is 0 Å². The first-order valence-corrected chi connectivity index (χ1v) is 5.56. The van der Waals surface area contributed by atoms with Crippen LogP contribution < -0.4 is 0 Å². The van der Waals surface area contributed by atoms with Crippen molar-refractivity contribution in [1.82, 2.24) is 0 Å². The third-order valence-electron chi connectivity index (χ3n) is 2.61. The van der Waals surface area contributed by atoms with Crippen molar-refractivity contribution in [2.45, 2.75) is 45.6 Å². The molecule has 1 atom stereocenters. The molecule has 1 unspecified atom stereocenters. The zero-order valence-electron chi connectivity index (χ0n) is 9.46. The van der Waals surface area contributed by atoms with Crippen LogP contribution >= 0.6 is 0 Å². The summed E-state index contributed by atoms with van der Waals surface area (Å²) < 4.78 is 13.0. The monoisotopic (exact) mass is 210 g/mol. The van der Waals surface area contributed by atoms with Crippen molar-refractivity contribution in [3.63, 3.8) is 0 Å². The zero-order valence-corrected chi connectivity index (χ0v) is 9.46. The van der Waals surface area contributed by atoms with Crippen molar-refractivity contribution >= 4 is 0 Å². The van der Waals surface area contributed by atoms with Gasteiger partial charge in [0, 0.05) is 0 Å². The molecule has 0 saturated carbocycles. The van der Waals surface area contributed by atoms with E-state index in [1.54, 1.807) is 13.0 Å². The minimum atomic E-state index is -0.222. The van der Waals surface area contributed by atoms with E-state index in [2.05, 4.69) is 6.92 Å². The van der Waals surface area contributed by atoms with Crippen LogP contribution in [0.5, 0.6) is 0 Å². The van der Waals surface area contributed by atoms with Crippen LogP contribution in [0.15, 0.2) is 18.2 Å². The molecule has 0 aliphatic rings. The van der Waals surface area contributed by atoms with Crippen molar-refractivity contribution in [1.29, 1.82) is 0 Å². The van der Waals surface area contributed by atoms with Gasteiger partial charge < -0.3 is 5.11 Å². The Labute approximate surface area is 90.9 Å². The van der Waals surface area contributed by atoms with Crippen LogP contribution in [0.25, 0.3) is 0 Å². The van der Waals surface area contributed by atoms with Gasteiger partial charge in [0.05, 0.1) is 6.10 Å². The Morgan fingerprint density at radius 3 is 2.67 bits per heavy atom. The highest BCUT2D eigenvalue weighted by molar-refractivity contribution is 5.23. The summed E-state index contributed by atoms with van der Waals surface area (Å²) in [6.07, 6.45) is 3.21. The maximum absolute atomic E-state index is 13.0. The second-order valence-electron chi connectivity index (χ2n) is 4.06. The fourth-order valence-corrected chi connectivity index (χ4v) is 1.67. The molecule has 0 radical (unpaired) electrons. The van der Waals surface area contributed by atoms with Crippen LogP contribution in [-0.2, 0) is 6.42 Å². The predicted octanol–water partition coefficient (Wildman–Crippen LogP) is 3.23. The average molecular weight is 210 g/mol. The Hall–Kier alpha value is -0.890. The molecule has 84 valence electrons. The van der Waals surface area contributed by atoms with Gasteiger partial charge in [0.15, 0.2) is 0 Å². The molecule has 0 amide bonds. The van der Waals surface area contributed by atoms with E-state index < -0.39 is 0 Å². The third kappa shape index (κ3) is 4.00. The Morgan fingerprint density at radius 1 is 1.33 bits per heavy atom. The Morgan fingerprint density at radius 2 is 2.07 bits per heavy atom. The summed E-state index contributed by atoms with van der Waals surface area (Å²) in [4.78, 5) is 0. The van der Waals surface area contributed by atoms with E-state index in [0.29, 0.717) is 5.56 Å². The summed E-state index contributed by atoms with van der Waals surface area (Å²) in [6, 6.07) is 5.14. The van der Waals surface area contributed by atoms with Crippen molar-refractivity contribution < 1.29 is 9.50 Å². The van der Waals surface area contributed by atoms with Crippen molar-refractivity contribution in [2.24, 2.45) is 0 Å². The average Bonchev–Trinajstić information content (AvgIpc) is 2.20. The maximum atomic E-state index is 13.0. The molecule has 0 aliphatic heterocycles. The molecular weight excluding hydrogens is 191 g/mol. The van der Waals surface area contributed by atoms with Gasteiger partial charge in [-0.25, -0.2) is 4.39 Å². The van der Waals surface area contributed by atoms with Crippen molar-refractivity contribution in [3.8, 4) is 0 Å². The summed E-state index contributed by atoms with van der Waals surface area (Å²) in [5.74, 6) is -0.159. The normalized spacial score (nSPS) is 12.8. The maximum Gasteiger partial charge on any atom is 0.126 e. The molecular formula is C13H19FO. The molecule has 0 heterocycles. The molecule has 0 fully saturated rings. The van der Waals surface area contributed by atoms with Crippen LogP contribution in [0.4, 0.5) is 4.39 Å². The van der Waals surface area contributed by atoms with Gasteiger partial charge in [0.2, 0.25) is 0 Å². The summed E-state index contributed by atoms with van der Waals surface area (Å²) in [7, 11) is 0. The van der Waals surface area contributed by atoms with Crippen LogP contribution in [0.1, 0.15) is 37.3 Å². The number of aliphatic hydroxyl groups is 1. The molecule has 1 aromatic rings. The lowest BCUT2D eigenvalue weighted by molar-refractivity contribution is 0.154. The van der Waals surface area contributed by atoms with Gasteiger partial charge in [-0.05, 0) is 43.4 Å². The first-order chi connectivity index (χ1) is 7.13. The Kier molecular flexibility index (Phi) is 4.76. The Bertz CT molecular complexity index is 309. The van der Waals surface area contributed by atoms with E-state index in [9.17, 15) is 9.50 Å². The lowest BCUT2D eigenvalue weighted by Gasteiger charge is -2.09. The molecule has 0 saturated heterocycles.